The molecule has 2 saturated heterocycles. The van der Waals surface area contributed by atoms with Gasteiger partial charge in [0.05, 0.1) is 30.4 Å². The SMILES string of the molecule is CC(NC(=O)C(NC(=O)C(Cc1ccc(O)cc1)NC(=O)CCCCC1SCC2NC(=O)NC21)C(C)C)C(=O)NC(CC(=O)O)C(=O)CCl. The number of aromatic hydroxyl groups is 1. The van der Waals surface area contributed by atoms with E-state index in [1.807, 2.05) is 0 Å². The second-order valence-corrected chi connectivity index (χ2v) is 14.1. The molecular weight excluding hydrogens is 680 g/mol. The molecule has 0 aromatic heterocycles. The predicted molar refractivity (Wildman–Crippen MR) is 182 cm³/mol. The molecule has 0 aliphatic carbocycles. The largest absolute Gasteiger partial charge is 0.508 e. The molecule has 7 atom stereocenters. The maximum Gasteiger partial charge on any atom is 0.315 e. The third-order valence-electron chi connectivity index (χ3n) is 8.32. The van der Waals surface area contributed by atoms with Crippen LogP contribution < -0.4 is 31.9 Å². The first-order chi connectivity index (χ1) is 23.2. The Bertz CT molecular complexity index is 1380. The van der Waals surface area contributed by atoms with E-state index in [0.717, 1.165) is 18.6 Å². The number of thioether (sulfide) groups is 1. The van der Waals surface area contributed by atoms with Gasteiger partial charge in [-0.15, -0.1) is 11.6 Å². The molecule has 2 fully saturated rings. The average molecular weight is 725 g/mol. The number of unbranched alkanes of at least 4 members (excludes halogenated alkanes) is 1. The van der Waals surface area contributed by atoms with Crippen molar-refractivity contribution in [3.05, 3.63) is 29.8 Å². The Kier molecular flexibility index (Phi) is 15.0. The zero-order chi connectivity index (χ0) is 36.2. The van der Waals surface area contributed by atoms with E-state index in [-0.39, 0.29) is 47.9 Å². The molecule has 0 radical (unpaired) electrons. The Labute approximate surface area is 293 Å². The van der Waals surface area contributed by atoms with Gasteiger partial charge >= 0.3 is 12.0 Å². The third kappa shape index (κ3) is 12.1. The summed E-state index contributed by atoms with van der Waals surface area (Å²) in [4.78, 5) is 87.4. The molecule has 8 N–H and O–H groups in total. The Balaban J connectivity index is 1.60. The fourth-order valence-electron chi connectivity index (χ4n) is 5.58. The van der Waals surface area contributed by atoms with Gasteiger partial charge in [-0.1, -0.05) is 32.4 Å². The van der Waals surface area contributed by atoms with Crippen LogP contribution in [0.25, 0.3) is 0 Å². The summed E-state index contributed by atoms with van der Waals surface area (Å²) in [6.07, 6.45) is 1.67. The van der Waals surface area contributed by atoms with Gasteiger partial charge in [-0.25, -0.2) is 4.79 Å². The topological polar surface area (TPSA) is 232 Å². The number of carbonyl (C=O) groups excluding carboxylic acids is 6. The number of fused-ring (bicyclic) bond motifs is 1. The number of nitrogens with one attached hydrogen (secondary N) is 6. The Morgan fingerprint density at radius 1 is 0.918 bits per heavy atom. The van der Waals surface area contributed by atoms with Crippen molar-refractivity contribution in [2.45, 2.75) is 101 Å². The van der Waals surface area contributed by atoms with Crippen molar-refractivity contribution in [1.82, 2.24) is 31.9 Å². The van der Waals surface area contributed by atoms with E-state index in [1.54, 1.807) is 37.7 Å². The normalized spacial score (nSPS) is 20.5. The number of ketones is 1. The molecule has 3 rings (SSSR count). The molecule has 49 heavy (non-hydrogen) atoms. The van der Waals surface area contributed by atoms with E-state index in [0.29, 0.717) is 12.0 Å². The molecule has 7 unspecified atom stereocenters. The van der Waals surface area contributed by atoms with E-state index in [9.17, 15) is 38.7 Å². The molecule has 17 heteroatoms. The molecule has 270 valence electrons. The van der Waals surface area contributed by atoms with Crippen LogP contribution in [-0.4, -0.2) is 105 Å². The zero-order valence-electron chi connectivity index (χ0n) is 27.6. The van der Waals surface area contributed by atoms with Gasteiger partial charge in [0.1, 0.15) is 23.9 Å². The fraction of sp³-hybridized carbons (Fsp3) is 0.594. The molecule has 1 aromatic carbocycles. The minimum absolute atomic E-state index is 0.0319. The number of carboxylic acids is 1. The van der Waals surface area contributed by atoms with Crippen molar-refractivity contribution in [3.8, 4) is 5.75 Å². The van der Waals surface area contributed by atoms with Crippen LogP contribution >= 0.6 is 23.4 Å². The molecule has 1 aromatic rings. The molecule has 2 aliphatic rings. The number of phenolic OH excluding ortho intramolecular Hbond substituents is 1. The summed E-state index contributed by atoms with van der Waals surface area (Å²) in [6.45, 7) is 4.71. The Morgan fingerprint density at radius 3 is 2.24 bits per heavy atom. The van der Waals surface area contributed by atoms with Crippen molar-refractivity contribution in [2.75, 3.05) is 11.6 Å². The van der Waals surface area contributed by atoms with Crippen LogP contribution in [0.2, 0.25) is 0 Å². The van der Waals surface area contributed by atoms with E-state index < -0.39 is 71.9 Å². The molecule has 0 spiro atoms. The Hall–Kier alpha value is -4.05. The lowest BCUT2D eigenvalue weighted by Crippen LogP contribution is -2.58. The third-order valence-corrected chi connectivity index (χ3v) is 10.1. The van der Waals surface area contributed by atoms with Crippen molar-refractivity contribution in [3.63, 3.8) is 0 Å². The van der Waals surface area contributed by atoms with Crippen LogP contribution in [0.15, 0.2) is 24.3 Å². The smallest absolute Gasteiger partial charge is 0.315 e. The van der Waals surface area contributed by atoms with Gasteiger partial charge in [-0.2, -0.15) is 11.8 Å². The van der Waals surface area contributed by atoms with Crippen molar-refractivity contribution < 1.29 is 43.8 Å². The summed E-state index contributed by atoms with van der Waals surface area (Å²) in [5, 5.41) is 35.1. The summed E-state index contributed by atoms with van der Waals surface area (Å²) in [5.41, 5.74) is 0.650. The van der Waals surface area contributed by atoms with Crippen molar-refractivity contribution in [2.24, 2.45) is 5.92 Å². The highest BCUT2D eigenvalue weighted by molar-refractivity contribution is 8.00. The van der Waals surface area contributed by atoms with Gasteiger partial charge < -0.3 is 42.1 Å². The van der Waals surface area contributed by atoms with Crippen molar-refractivity contribution in [1.29, 1.82) is 0 Å². The first kappa shape index (κ1) is 39.4. The lowest BCUT2D eigenvalue weighted by atomic mass is 10.00. The number of carboxylic acid groups (broad SMARTS) is 1. The zero-order valence-corrected chi connectivity index (χ0v) is 29.2. The number of Topliss-reactive ketones (excluding diaryl/α,β-unsaturated/α-hetero) is 1. The standard InChI is InChI=1S/C32H45ClN6O9S/c1-16(2)27(31(47)34-17(3)29(45)36-20(13-26(43)44)23(41)14-33)38-30(46)21(12-18-8-10-19(40)11-9-18)35-25(42)7-5-4-6-24-28-22(15-49-24)37-32(48)39-28/h8-11,16-17,20-22,24,27-28,40H,4-7,12-15H2,1-3H3,(H,34,47)(H,35,42)(H,36,45)(H,38,46)(H,43,44)(H2,37,39,48). The van der Waals surface area contributed by atoms with Gasteiger partial charge in [0.2, 0.25) is 23.6 Å². The monoisotopic (exact) mass is 724 g/mol. The highest BCUT2D eigenvalue weighted by Gasteiger charge is 2.42. The quantitative estimate of drug-likeness (QED) is 0.0561. The maximum absolute atomic E-state index is 13.6. The summed E-state index contributed by atoms with van der Waals surface area (Å²) in [7, 11) is 0. The van der Waals surface area contributed by atoms with E-state index in [2.05, 4.69) is 31.9 Å². The Morgan fingerprint density at radius 2 is 1.61 bits per heavy atom. The second-order valence-electron chi connectivity index (χ2n) is 12.6. The lowest BCUT2D eigenvalue weighted by molar-refractivity contribution is -0.140. The maximum atomic E-state index is 13.6. The molecule has 6 amide bonds. The number of urea groups is 1. The number of hydrogen-bond donors (Lipinski definition) is 8. The number of benzene rings is 1. The summed E-state index contributed by atoms with van der Waals surface area (Å²) < 4.78 is 0. The number of hydrogen-bond acceptors (Lipinski definition) is 9. The minimum atomic E-state index is -1.38. The number of phenols is 1. The highest BCUT2D eigenvalue weighted by Crippen LogP contribution is 2.33. The number of rotatable bonds is 19. The number of halogens is 1. The molecule has 2 heterocycles. The van der Waals surface area contributed by atoms with Gasteiger partial charge in [-0.05, 0) is 43.4 Å². The molecule has 0 bridgehead atoms. The number of aliphatic carboxylic acids is 1. The van der Waals surface area contributed by atoms with Gasteiger partial charge in [0.15, 0.2) is 5.78 Å². The number of amides is 6. The minimum Gasteiger partial charge on any atom is -0.508 e. The lowest BCUT2D eigenvalue weighted by Gasteiger charge is -2.27. The summed E-state index contributed by atoms with van der Waals surface area (Å²) >= 11 is 7.33. The fourth-order valence-corrected chi connectivity index (χ4v) is 7.31. The second kappa shape index (κ2) is 18.6. The van der Waals surface area contributed by atoms with Crippen LogP contribution in [0.1, 0.15) is 58.4 Å². The van der Waals surface area contributed by atoms with Crippen LogP contribution in [-0.2, 0) is 35.2 Å². The summed E-state index contributed by atoms with van der Waals surface area (Å²) in [6, 6.07) is 1.39. The average Bonchev–Trinajstić information content (AvgIpc) is 3.60. The van der Waals surface area contributed by atoms with Crippen LogP contribution in [0.3, 0.4) is 0 Å². The highest BCUT2D eigenvalue weighted by atomic mass is 35.5. The first-order valence-electron chi connectivity index (χ1n) is 16.2. The van der Waals surface area contributed by atoms with Gasteiger partial charge in [0.25, 0.3) is 0 Å². The molecule has 0 saturated carbocycles. The summed E-state index contributed by atoms with van der Waals surface area (Å²) in [5.74, 6) is -4.64. The van der Waals surface area contributed by atoms with E-state index in [4.69, 9.17) is 16.7 Å². The number of alkyl halides is 1. The molecule has 2 aliphatic heterocycles. The van der Waals surface area contributed by atoms with E-state index >= 15 is 0 Å². The number of carbonyl (C=O) groups is 7. The predicted octanol–water partition coefficient (Wildman–Crippen LogP) is 0.558. The van der Waals surface area contributed by atoms with Gasteiger partial charge in [-0.3, -0.25) is 28.8 Å². The molecular formula is C32H45ClN6O9S. The van der Waals surface area contributed by atoms with Crippen LogP contribution in [0, 0.1) is 5.92 Å². The first-order valence-corrected chi connectivity index (χ1v) is 17.7. The van der Waals surface area contributed by atoms with Gasteiger partial charge in [0, 0.05) is 23.8 Å². The van der Waals surface area contributed by atoms with Crippen LogP contribution in [0.4, 0.5) is 4.79 Å². The van der Waals surface area contributed by atoms with Crippen LogP contribution in [0.5, 0.6) is 5.75 Å². The van der Waals surface area contributed by atoms with E-state index in [1.165, 1.54) is 19.1 Å². The van der Waals surface area contributed by atoms with Crippen molar-refractivity contribution >= 4 is 64.8 Å². The molecule has 15 nitrogen and oxygen atoms in total.